The van der Waals surface area contributed by atoms with Crippen LogP contribution in [0.3, 0.4) is 0 Å². The Morgan fingerprint density at radius 1 is 1.42 bits per heavy atom. The zero-order valence-electron chi connectivity index (χ0n) is 13.9. The second-order valence-corrected chi connectivity index (χ2v) is 7.65. The zero-order valence-corrected chi connectivity index (χ0v) is 15.5. The molecule has 0 aliphatic rings. The molecule has 0 saturated heterocycles. The molecule has 7 heteroatoms. The third kappa shape index (κ3) is 5.65. The number of carbonyl (C=O) groups is 2. The van der Waals surface area contributed by atoms with E-state index in [9.17, 15) is 9.59 Å². The Morgan fingerprint density at radius 2 is 2.21 bits per heavy atom. The van der Waals surface area contributed by atoms with Gasteiger partial charge in [-0.2, -0.15) is 0 Å². The van der Waals surface area contributed by atoms with Crippen molar-refractivity contribution in [2.75, 3.05) is 11.9 Å². The molecule has 0 unspecified atom stereocenters. The molecule has 1 N–H and O–H groups in total. The predicted octanol–water partition coefficient (Wildman–Crippen LogP) is 3.68. The second-order valence-electron chi connectivity index (χ2n) is 5.21. The molecule has 1 atom stereocenters. The SMILES string of the molecule is CCOC(=O)Cc1csc(S[C@H](C)C(=O)Nc2cccc(C)c2)n1. The van der Waals surface area contributed by atoms with Gasteiger partial charge in [-0.1, -0.05) is 23.9 Å². The maximum Gasteiger partial charge on any atom is 0.311 e. The highest BCUT2D eigenvalue weighted by atomic mass is 32.2. The van der Waals surface area contributed by atoms with Gasteiger partial charge in [-0.25, -0.2) is 4.98 Å². The van der Waals surface area contributed by atoms with Gasteiger partial charge in [0.1, 0.15) is 0 Å². The highest BCUT2D eigenvalue weighted by molar-refractivity contribution is 8.02. The molecule has 0 saturated carbocycles. The van der Waals surface area contributed by atoms with E-state index >= 15 is 0 Å². The van der Waals surface area contributed by atoms with Gasteiger partial charge < -0.3 is 10.1 Å². The highest BCUT2D eigenvalue weighted by Crippen LogP contribution is 2.27. The molecule has 1 aromatic carbocycles. The molecule has 1 aromatic heterocycles. The first-order valence-corrected chi connectivity index (χ1v) is 9.38. The van der Waals surface area contributed by atoms with Crippen LogP contribution >= 0.6 is 23.1 Å². The summed E-state index contributed by atoms with van der Waals surface area (Å²) in [6.07, 6.45) is 0.161. The summed E-state index contributed by atoms with van der Waals surface area (Å²) in [7, 11) is 0. The van der Waals surface area contributed by atoms with E-state index < -0.39 is 0 Å². The van der Waals surface area contributed by atoms with E-state index in [0.29, 0.717) is 12.3 Å². The molecule has 0 fully saturated rings. The number of aromatic nitrogens is 1. The molecule has 0 spiro atoms. The van der Waals surface area contributed by atoms with Gasteiger partial charge >= 0.3 is 5.97 Å². The Hall–Kier alpha value is -1.86. The van der Waals surface area contributed by atoms with Crippen LogP contribution < -0.4 is 5.32 Å². The molecule has 0 aliphatic carbocycles. The molecule has 1 amide bonds. The molecule has 2 aromatic rings. The molecular weight excluding hydrogens is 344 g/mol. The van der Waals surface area contributed by atoms with Gasteiger partial charge in [0.15, 0.2) is 4.34 Å². The topological polar surface area (TPSA) is 68.3 Å². The van der Waals surface area contributed by atoms with Crippen LogP contribution in [-0.4, -0.2) is 28.7 Å². The van der Waals surface area contributed by atoms with Gasteiger partial charge in [0.25, 0.3) is 0 Å². The van der Waals surface area contributed by atoms with Crippen LogP contribution in [0.4, 0.5) is 5.69 Å². The van der Waals surface area contributed by atoms with Gasteiger partial charge in [0.2, 0.25) is 5.91 Å². The van der Waals surface area contributed by atoms with Gasteiger partial charge in [-0.3, -0.25) is 9.59 Å². The molecule has 2 rings (SSSR count). The van der Waals surface area contributed by atoms with Crippen LogP contribution in [0.1, 0.15) is 25.1 Å². The number of thiazole rings is 1. The fourth-order valence-corrected chi connectivity index (χ4v) is 3.94. The van der Waals surface area contributed by atoms with Crippen molar-refractivity contribution in [3.05, 3.63) is 40.9 Å². The summed E-state index contributed by atoms with van der Waals surface area (Å²) in [5.41, 5.74) is 2.55. The maximum atomic E-state index is 12.3. The van der Waals surface area contributed by atoms with E-state index in [4.69, 9.17) is 4.74 Å². The van der Waals surface area contributed by atoms with E-state index in [0.717, 1.165) is 15.6 Å². The van der Waals surface area contributed by atoms with Crippen molar-refractivity contribution in [2.24, 2.45) is 0 Å². The molecule has 0 radical (unpaired) electrons. The summed E-state index contributed by atoms with van der Waals surface area (Å²) in [6.45, 7) is 5.95. The van der Waals surface area contributed by atoms with Crippen molar-refractivity contribution in [2.45, 2.75) is 36.8 Å². The lowest BCUT2D eigenvalue weighted by Crippen LogP contribution is -2.22. The first kappa shape index (κ1) is 18.5. The summed E-state index contributed by atoms with van der Waals surface area (Å²) >= 11 is 2.81. The van der Waals surface area contributed by atoms with Crippen LogP contribution in [-0.2, 0) is 20.7 Å². The average molecular weight is 364 g/mol. The number of nitrogens with zero attached hydrogens (tertiary/aromatic N) is 1. The normalized spacial score (nSPS) is 11.8. The zero-order chi connectivity index (χ0) is 17.5. The number of amides is 1. The summed E-state index contributed by atoms with van der Waals surface area (Å²) in [6, 6.07) is 7.68. The van der Waals surface area contributed by atoms with E-state index in [1.807, 2.05) is 43.5 Å². The second kappa shape index (κ2) is 8.84. The standard InChI is InChI=1S/C17H20N2O3S2/c1-4-22-15(20)9-14-10-23-17(19-14)24-12(3)16(21)18-13-7-5-6-11(2)8-13/h5-8,10,12H,4,9H2,1-3H3,(H,18,21)/t12-/m1/s1. The fraction of sp³-hybridized carbons (Fsp3) is 0.353. The fourth-order valence-electron chi connectivity index (χ4n) is 1.96. The Balaban J connectivity index is 1.89. The molecule has 128 valence electrons. The van der Waals surface area contributed by atoms with Crippen molar-refractivity contribution >= 4 is 40.7 Å². The largest absolute Gasteiger partial charge is 0.466 e. The Bertz CT molecular complexity index is 715. The first-order chi connectivity index (χ1) is 11.5. The molecule has 1 heterocycles. The number of benzene rings is 1. The lowest BCUT2D eigenvalue weighted by molar-refractivity contribution is -0.142. The lowest BCUT2D eigenvalue weighted by atomic mass is 10.2. The number of thioether (sulfide) groups is 1. The number of esters is 1. The Kier molecular flexibility index (Phi) is 6.81. The minimum absolute atomic E-state index is 0.0762. The number of ether oxygens (including phenoxy) is 1. The predicted molar refractivity (Wildman–Crippen MR) is 97.6 cm³/mol. The summed E-state index contributed by atoms with van der Waals surface area (Å²) < 4.78 is 5.67. The number of aryl methyl sites for hydroxylation is 1. The van der Waals surface area contributed by atoms with Crippen molar-refractivity contribution in [3.8, 4) is 0 Å². The van der Waals surface area contributed by atoms with Gasteiger partial charge in [-0.15, -0.1) is 11.3 Å². The van der Waals surface area contributed by atoms with Crippen LogP contribution in [0, 0.1) is 6.92 Å². The number of anilines is 1. The maximum absolute atomic E-state index is 12.3. The van der Waals surface area contributed by atoms with Crippen molar-refractivity contribution in [1.29, 1.82) is 0 Å². The van der Waals surface area contributed by atoms with E-state index in [1.54, 1.807) is 6.92 Å². The van der Waals surface area contributed by atoms with Crippen molar-refractivity contribution in [3.63, 3.8) is 0 Å². The van der Waals surface area contributed by atoms with Crippen molar-refractivity contribution in [1.82, 2.24) is 4.98 Å². The number of nitrogens with one attached hydrogen (secondary N) is 1. The lowest BCUT2D eigenvalue weighted by Gasteiger charge is -2.10. The number of hydrogen-bond donors (Lipinski definition) is 1. The van der Waals surface area contributed by atoms with E-state index in [1.165, 1.54) is 23.1 Å². The molecule has 24 heavy (non-hydrogen) atoms. The third-order valence-electron chi connectivity index (χ3n) is 3.09. The summed E-state index contributed by atoms with van der Waals surface area (Å²) in [4.78, 5) is 28.1. The summed E-state index contributed by atoms with van der Waals surface area (Å²) in [5.74, 6) is -0.364. The average Bonchev–Trinajstić information content (AvgIpc) is 2.94. The van der Waals surface area contributed by atoms with E-state index in [-0.39, 0.29) is 23.5 Å². The van der Waals surface area contributed by atoms with Crippen LogP contribution in [0.15, 0.2) is 34.0 Å². The van der Waals surface area contributed by atoms with Crippen LogP contribution in [0.5, 0.6) is 0 Å². The van der Waals surface area contributed by atoms with E-state index in [2.05, 4.69) is 10.3 Å². The Labute approximate surface area is 149 Å². The molecule has 0 bridgehead atoms. The minimum atomic E-state index is -0.287. The van der Waals surface area contributed by atoms with Gasteiger partial charge in [0.05, 0.1) is 24.0 Å². The quantitative estimate of drug-likeness (QED) is 0.600. The first-order valence-electron chi connectivity index (χ1n) is 7.62. The minimum Gasteiger partial charge on any atom is -0.466 e. The third-order valence-corrected chi connectivity index (χ3v) is 5.21. The summed E-state index contributed by atoms with van der Waals surface area (Å²) in [5, 5.41) is 4.44. The van der Waals surface area contributed by atoms with Gasteiger partial charge in [-0.05, 0) is 38.5 Å². The molecule has 5 nitrogen and oxygen atoms in total. The van der Waals surface area contributed by atoms with Crippen molar-refractivity contribution < 1.29 is 14.3 Å². The molecular formula is C17H20N2O3S2. The smallest absolute Gasteiger partial charge is 0.311 e. The number of rotatable bonds is 7. The van der Waals surface area contributed by atoms with Crippen LogP contribution in [0.2, 0.25) is 0 Å². The highest BCUT2D eigenvalue weighted by Gasteiger charge is 2.17. The number of carbonyl (C=O) groups excluding carboxylic acids is 2. The Morgan fingerprint density at radius 3 is 2.92 bits per heavy atom. The van der Waals surface area contributed by atoms with Crippen LogP contribution in [0.25, 0.3) is 0 Å². The van der Waals surface area contributed by atoms with Gasteiger partial charge in [0, 0.05) is 11.1 Å². The number of hydrogen-bond acceptors (Lipinski definition) is 6. The molecule has 0 aliphatic heterocycles. The monoisotopic (exact) mass is 364 g/mol.